The molecule has 1 atom stereocenters. The van der Waals surface area contributed by atoms with Crippen molar-refractivity contribution in [1.29, 1.82) is 0 Å². The van der Waals surface area contributed by atoms with Gasteiger partial charge in [0.15, 0.2) is 6.10 Å². The summed E-state index contributed by atoms with van der Waals surface area (Å²) < 4.78 is 13.0. The number of hydrogen-bond donors (Lipinski definition) is 1. The summed E-state index contributed by atoms with van der Waals surface area (Å²) in [6.45, 7) is 4.79. The Morgan fingerprint density at radius 1 is 0.882 bits per heavy atom. The van der Waals surface area contributed by atoms with E-state index in [-0.39, 0.29) is 12.2 Å². The molecule has 0 aliphatic carbocycles. The summed E-state index contributed by atoms with van der Waals surface area (Å²) in [5.41, 5.74) is 3.12. The van der Waals surface area contributed by atoms with Crippen LogP contribution in [-0.2, 0) is 11.2 Å². The molecule has 0 radical (unpaired) electrons. The minimum absolute atomic E-state index is 0.0412. The average molecular weight is 458 g/mol. The van der Waals surface area contributed by atoms with E-state index in [0.29, 0.717) is 12.5 Å². The fourth-order valence-corrected chi connectivity index (χ4v) is 5.43. The molecule has 3 fully saturated rings. The minimum Gasteiger partial charge on any atom is -0.488 e. The van der Waals surface area contributed by atoms with Crippen molar-refractivity contribution < 1.29 is 18.8 Å². The van der Waals surface area contributed by atoms with Crippen LogP contribution >= 0.6 is 0 Å². The third-order valence-corrected chi connectivity index (χ3v) is 7.37. The Hall–Kier alpha value is -3.31. The Kier molecular flexibility index (Phi) is 6.82. The van der Waals surface area contributed by atoms with E-state index in [1.165, 1.54) is 5.56 Å². The molecule has 1 unspecified atom stereocenters. The van der Waals surface area contributed by atoms with Gasteiger partial charge in [-0.05, 0) is 35.7 Å². The number of carbonyl (C=O) groups is 1. The zero-order chi connectivity index (χ0) is 23.2. The lowest BCUT2D eigenvalue weighted by atomic mass is 9.83. The van der Waals surface area contributed by atoms with Crippen LogP contribution in [0, 0.1) is 5.92 Å². The van der Waals surface area contributed by atoms with E-state index < -0.39 is 0 Å². The van der Waals surface area contributed by atoms with Crippen LogP contribution < -0.4 is 10.1 Å². The maximum atomic E-state index is 12.9. The van der Waals surface area contributed by atoms with E-state index >= 15 is 0 Å². The molecule has 5 nitrogen and oxygen atoms in total. The fourth-order valence-electron chi connectivity index (χ4n) is 5.43. The van der Waals surface area contributed by atoms with E-state index in [1.807, 2.05) is 66.7 Å². The summed E-state index contributed by atoms with van der Waals surface area (Å²) in [4.78, 5) is 12.9. The highest BCUT2D eigenvalue weighted by Crippen LogP contribution is 2.35. The summed E-state index contributed by atoms with van der Waals surface area (Å²) in [7, 11) is 0. The molecule has 0 aromatic heterocycles. The molecule has 0 saturated carbocycles. The number of benzene rings is 3. The summed E-state index contributed by atoms with van der Waals surface area (Å²) in [5.74, 6) is 1.37. The summed E-state index contributed by atoms with van der Waals surface area (Å²) in [5, 5.41) is 3.02. The van der Waals surface area contributed by atoms with Gasteiger partial charge in [0.1, 0.15) is 25.4 Å². The van der Waals surface area contributed by atoms with Crippen molar-refractivity contribution in [1.82, 2.24) is 0 Å². The summed E-state index contributed by atoms with van der Waals surface area (Å²) in [6, 6.07) is 28.2. The molecule has 6 rings (SSSR count). The Labute approximate surface area is 201 Å². The van der Waals surface area contributed by atoms with E-state index in [2.05, 4.69) is 23.5 Å². The highest BCUT2D eigenvalue weighted by atomic mass is 16.6. The largest absolute Gasteiger partial charge is 0.488 e. The number of fused-ring (bicyclic) bond motifs is 3. The predicted molar refractivity (Wildman–Crippen MR) is 134 cm³/mol. The molecule has 3 aromatic rings. The number of para-hydroxylation sites is 2. The van der Waals surface area contributed by atoms with Gasteiger partial charge in [-0.3, -0.25) is 5.32 Å². The van der Waals surface area contributed by atoms with Gasteiger partial charge in [0.25, 0.3) is 0 Å². The predicted octanol–water partition coefficient (Wildman–Crippen LogP) is 5.51. The molecule has 3 aliphatic heterocycles. The van der Waals surface area contributed by atoms with Crippen molar-refractivity contribution in [2.45, 2.75) is 25.4 Å². The monoisotopic (exact) mass is 457 g/mol. The lowest BCUT2D eigenvalue weighted by molar-refractivity contribution is -0.946. The second kappa shape index (κ2) is 10.3. The Morgan fingerprint density at radius 2 is 1.56 bits per heavy atom. The molecular formula is C29H33N2O3+. The normalized spacial score (nSPS) is 23.3. The lowest BCUT2D eigenvalue weighted by Gasteiger charge is -2.51. The number of nitrogens with one attached hydrogen (secondary N) is 1. The van der Waals surface area contributed by atoms with Crippen molar-refractivity contribution in [3.63, 3.8) is 0 Å². The first-order valence-electron chi connectivity index (χ1n) is 12.3. The van der Waals surface area contributed by atoms with Gasteiger partial charge in [0.2, 0.25) is 0 Å². The topological polar surface area (TPSA) is 47.6 Å². The van der Waals surface area contributed by atoms with Crippen molar-refractivity contribution >= 4 is 11.8 Å². The lowest BCUT2D eigenvalue weighted by Crippen LogP contribution is -2.65. The van der Waals surface area contributed by atoms with Crippen LogP contribution in [0.1, 0.15) is 24.0 Å². The van der Waals surface area contributed by atoms with Crippen LogP contribution in [0.15, 0.2) is 84.9 Å². The molecule has 34 heavy (non-hydrogen) atoms. The van der Waals surface area contributed by atoms with Crippen molar-refractivity contribution in [2.75, 3.05) is 38.1 Å². The number of rotatable bonds is 8. The first kappa shape index (κ1) is 22.5. The molecule has 3 aromatic carbocycles. The molecule has 2 bridgehead atoms. The third kappa shape index (κ3) is 5.42. The van der Waals surface area contributed by atoms with Gasteiger partial charge >= 0.3 is 6.09 Å². The van der Waals surface area contributed by atoms with E-state index in [1.54, 1.807) is 0 Å². The van der Waals surface area contributed by atoms with Gasteiger partial charge in [-0.1, -0.05) is 66.7 Å². The van der Waals surface area contributed by atoms with Gasteiger partial charge in [0.05, 0.1) is 13.1 Å². The van der Waals surface area contributed by atoms with Gasteiger partial charge in [-0.15, -0.1) is 0 Å². The molecule has 1 N–H and O–H groups in total. The van der Waals surface area contributed by atoms with E-state index in [0.717, 1.165) is 66.9 Å². The van der Waals surface area contributed by atoms with Crippen LogP contribution in [0.4, 0.5) is 10.5 Å². The SMILES string of the molecule is O=C(Nc1ccccc1Cc1ccccc1)OC1C[N+]2(CCOc3ccccc3)CCC1CC2. The molecule has 1 amide bonds. The van der Waals surface area contributed by atoms with Crippen LogP contribution in [0.25, 0.3) is 0 Å². The average Bonchev–Trinajstić information content (AvgIpc) is 2.87. The number of ether oxygens (including phenoxy) is 2. The number of quaternary nitrogens is 1. The van der Waals surface area contributed by atoms with Crippen LogP contribution in [-0.4, -0.2) is 49.5 Å². The van der Waals surface area contributed by atoms with Gasteiger partial charge in [-0.2, -0.15) is 0 Å². The molecule has 176 valence electrons. The third-order valence-electron chi connectivity index (χ3n) is 7.37. The Morgan fingerprint density at radius 3 is 2.32 bits per heavy atom. The van der Waals surface area contributed by atoms with Gasteiger partial charge in [-0.25, -0.2) is 4.79 Å². The molecule has 3 saturated heterocycles. The first-order valence-corrected chi connectivity index (χ1v) is 12.3. The number of piperidine rings is 3. The maximum absolute atomic E-state index is 12.9. The zero-order valence-electron chi connectivity index (χ0n) is 19.6. The van der Waals surface area contributed by atoms with E-state index in [4.69, 9.17) is 9.47 Å². The highest BCUT2D eigenvalue weighted by Gasteiger charge is 2.47. The Bertz CT molecular complexity index is 1080. The highest BCUT2D eigenvalue weighted by molar-refractivity contribution is 5.85. The van der Waals surface area contributed by atoms with Crippen molar-refractivity contribution in [3.05, 3.63) is 96.1 Å². The molecule has 3 aliphatic rings. The molecular weight excluding hydrogens is 424 g/mol. The minimum atomic E-state index is -0.349. The van der Waals surface area contributed by atoms with Gasteiger partial charge in [0, 0.05) is 24.4 Å². The summed E-state index contributed by atoms with van der Waals surface area (Å²) >= 11 is 0. The maximum Gasteiger partial charge on any atom is 0.412 e. The number of carbonyl (C=O) groups excluding carboxylic acids is 1. The van der Waals surface area contributed by atoms with Crippen LogP contribution in [0.2, 0.25) is 0 Å². The van der Waals surface area contributed by atoms with Crippen molar-refractivity contribution in [2.24, 2.45) is 5.92 Å². The van der Waals surface area contributed by atoms with E-state index in [9.17, 15) is 4.79 Å². The number of hydrogen-bond acceptors (Lipinski definition) is 3. The number of anilines is 1. The zero-order valence-corrected chi connectivity index (χ0v) is 19.6. The molecule has 5 heteroatoms. The first-order chi connectivity index (χ1) is 16.7. The summed E-state index contributed by atoms with van der Waals surface area (Å²) in [6.07, 6.45) is 2.59. The smallest absolute Gasteiger partial charge is 0.412 e. The molecule has 3 heterocycles. The Balaban J connectivity index is 1.18. The number of amides is 1. The molecule has 0 spiro atoms. The fraction of sp³-hybridized carbons (Fsp3) is 0.345. The van der Waals surface area contributed by atoms with Crippen molar-refractivity contribution in [3.8, 4) is 5.75 Å². The standard InChI is InChI=1S/C29H32N2O3/c32-29(30-27-14-8-7-11-25(27)21-23-9-3-1-4-10-23)34-28-22-31(17-15-24(28)16-18-31)19-20-33-26-12-5-2-6-13-26/h1-14,24,28H,15-22H2/p+1. The number of nitrogens with zero attached hydrogens (tertiary/aromatic N) is 1. The second-order valence-corrected chi connectivity index (χ2v) is 9.58. The van der Waals surface area contributed by atoms with Gasteiger partial charge < -0.3 is 14.0 Å². The quantitative estimate of drug-likeness (QED) is 0.454. The van der Waals surface area contributed by atoms with Crippen LogP contribution in [0.3, 0.4) is 0 Å². The second-order valence-electron chi connectivity index (χ2n) is 9.58. The van der Waals surface area contributed by atoms with Crippen LogP contribution in [0.5, 0.6) is 5.75 Å².